The minimum Gasteiger partial charge on any atom is -0.356 e. The molecule has 3 nitrogen and oxygen atoms in total. The van der Waals surface area contributed by atoms with Crippen molar-refractivity contribution >= 4 is 17.4 Å². The molecule has 4 atom stereocenters. The van der Waals surface area contributed by atoms with Crippen molar-refractivity contribution in [1.82, 2.24) is 4.98 Å². The largest absolute Gasteiger partial charge is 0.356 e. The number of benzene rings is 1. The molecule has 5 rings (SSSR count). The highest BCUT2D eigenvalue weighted by atomic mass is 32.2. The Labute approximate surface area is 169 Å². The van der Waals surface area contributed by atoms with Crippen LogP contribution in [-0.4, -0.2) is 27.6 Å². The van der Waals surface area contributed by atoms with Crippen LogP contribution in [0.2, 0.25) is 0 Å². The van der Waals surface area contributed by atoms with Gasteiger partial charge in [0.05, 0.1) is 23.7 Å². The van der Waals surface area contributed by atoms with Gasteiger partial charge in [-0.05, 0) is 23.8 Å². The van der Waals surface area contributed by atoms with Gasteiger partial charge in [0.1, 0.15) is 0 Å². The second kappa shape index (κ2) is 7.18. The summed E-state index contributed by atoms with van der Waals surface area (Å²) in [6.45, 7) is 0. The maximum atomic E-state index is 9.48. The van der Waals surface area contributed by atoms with E-state index in [1.165, 1.54) is 5.69 Å². The van der Waals surface area contributed by atoms with Gasteiger partial charge in [-0.15, -0.1) is 11.8 Å². The molecule has 0 radical (unpaired) electrons. The quantitative estimate of drug-likeness (QED) is 0.742. The van der Waals surface area contributed by atoms with Crippen LogP contribution in [0, 0.1) is 11.3 Å². The van der Waals surface area contributed by atoms with Crippen molar-refractivity contribution in [3.05, 3.63) is 96.9 Å². The van der Waals surface area contributed by atoms with Crippen LogP contribution in [0.4, 0.5) is 5.69 Å². The Hall–Kier alpha value is -3.03. The zero-order chi connectivity index (χ0) is 18.9. The number of nitriles is 1. The lowest BCUT2D eigenvalue weighted by Gasteiger charge is -2.49. The first-order valence-electron chi connectivity index (χ1n) is 9.43. The fraction of sp³-hybridized carbons (Fsp3) is 0.167. The van der Waals surface area contributed by atoms with Crippen LogP contribution in [0.15, 0.2) is 91.3 Å². The third-order valence-electron chi connectivity index (χ3n) is 5.47. The van der Waals surface area contributed by atoms with Crippen molar-refractivity contribution in [2.75, 3.05) is 4.90 Å². The van der Waals surface area contributed by atoms with E-state index in [1.54, 1.807) is 18.5 Å². The number of fused-ring (bicyclic) bond motifs is 2. The van der Waals surface area contributed by atoms with E-state index in [2.05, 4.69) is 88.8 Å². The van der Waals surface area contributed by atoms with Crippen molar-refractivity contribution in [3.8, 4) is 17.2 Å². The Morgan fingerprint density at radius 3 is 2.36 bits per heavy atom. The summed E-state index contributed by atoms with van der Waals surface area (Å²) in [6, 6.07) is 13.2. The Morgan fingerprint density at radius 1 is 0.929 bits per heavy atom. The molecule has 1 aromatic heterocycles. The second-order valence-corrected chi connectivity index (χ2v) is 8.44. The van der Waals surface area contributed by atoms with Crippen molar-refractivity contribution in [3.63, 3.8) is 0 Å². The topological polar surface area (TPSA) is 39.9 Å². The normalized spacial score (nSPS) is 27.2. The molecule has 4 heteroatoms. The third kappa shape index (κ3) is 2.89. The van der Waals surface area contributed by atoms with Crippen molar-refractivity contribution in [2.45, 2.75) is 22.6 Å². The van der Waals surface area contributed by atoms with Crippen molar-refractivity contribution in [2.24, 2.45) is 0 Å². The molecule has 0 spiro atoms. The molecule has 136 valence electrons. The van der Waals surface area contributed by atoms with E-state index in [4.69, 9.17) is 0 Å². The minimum absolute atomic E-state index is 0.312. The number of rotatable bonds is 2. The van der Waals surface area contributed by atoms with Crippen LogP contribution in [0.1, 0.15) is 5.56 Å². The van der Waals surface area contributed by atoms with Gasteiger partial charge in [0.25, 0.3) is 0 Å². The van der Waals surface area contributed by atoms with E-state index in [1.807, 2.05) is 11.8 Å². The van der Waals surface area contributed by atoms with Gasteiger partial charge < -0.3 is 4.90 Å². The first-order chi connectivity index (χ1) is 13.8. The van der Waals surface area contributed by atoms with E-state index >= 15 is 0 Å². The lowest BCUT2D eigenvalue weighted by atomic mass is 9.96. The van der Waals surface area contributed by atoms with E-state index in [-0.39, 0.29) is 0 Å². The number of pyridine rings is 1. The van der Waals surface area contributed by atoms with E-state index < -0.39 is 0 Å². The number of allylic oxidation sites excluding steroid dienone is 4. The molecule has 2 aliphatic carbocycles. The maximum absolute atomic E-state index is 9.48. The number of nitrogens with zero attached hydrogens (tertiary/aromatic N) is 3. The summed E-state index contributed by atoms with van der Waals surface area (Å²) in [5.41, 5.74) is 3.73. The Bertz CT molecular complexity index is 1030. The Kier molecular flexibility index (Phi) is 4.38. The summed E-state index contributed by atoms with van der Waals surface area (Å²) >= 11 is 2.03. The van der Waals surface area contributed by atoms with Gasteiger partial charge in [0, 0.05) is 34.1 Å². The predicted octanol–water partition coefficient (Wildman–Crippen LogP) is 4.90. The summed E-state index contributed by atoms with van der Waals surface area (Å²) in [5, 5.41) is 10.3. The molecule has 1 aromatic carbocycles. The molecule has 2 aromatic rings. The van der Waals surface area contributed by atoms with Crippen LogP contribution < -0.4 is 4.90 Å². The zero-order valence-electron chi connectivity index (χ0n) is 15.2. The average Bonchev–Trinajstić information content (AvgIpc) is 2.77. The highest BCUT2D eigenvalue weighted by molar-refractivity contribution is 8.01. The first-order valence-corrected chi connectivity index (χ1v) is 10.4. The summed E-state index contributed by atoms with van der Waals surface area (Å²) < 4.78 is 0. The molecule has 0 N–H and O–H groups in total. The molecule has 3 aliphatic rings. The summed E-state index contributed by atoms with van der Waals surface area (Å²) in [7, 11) is 0. The Balaban J connectivity index is 1.60. The number of thioether (sulfide) groups is 1. The van der Waals surface area contributed by atoms with Crippen LogP contribution >= 0.6 is 11.8 Å². The van der Waals surface area contributed by atoms with Crippen LogP contribution in [-0.2, 0) is 0 Å². The number of hydrogen-bond acceptors (Lipinski definition) is 4. The van der Waals surface area contributed by atoms with E-state index in [0.717, 1.165) is 11.1 Å². The van der Waals surface area contributed by atoms with Crippen molar-refractivity contribution in [1.29, 1.82) is 5.26 Å². The van der Waals surface area contributed by atoms with Gasteiger partial charge in [-0.3, -0.25) is 4.98 Å². The third-order valence-corrected chi connectivity index (χ3v) is 6.97. The monoisotopic (exact) mass is 381 g/mol. The molecule has 0 saturated carbocycles. The summed E-state index contributed by atoms with van der Waals surface area (Å²) in [5.74, 6) is 0. The van der Waals surface area contributed by atoms with Crippen LogP contribution in [0.25, 0.3) is 11.1 Å². The zero-order valence-corrected chi connectivity index (χ0v) is 16.0. The molecule has 0 bridgehead atoms. The van der Waals surface area contributed by atoms with Gasteiger partial charge in [-0.25, -0.2) is 0 Å². The number of hydrogen-bond donors (Lipinski definition) is 0. The lowest BCUT2D eigenvalue weighted by Crippen LogP contribution is -2.55. The van der Waals surface area contributed by atoms with Gasteiger partial charge in [-0.1, -0.05) is 60.7 Å². The predicted molar refractivity (Wildman–Crippen MR) is 116 cm³/mol. The molecular formula is C24H19N3S. The second-order valence-electron chi connectivity index (χ2n) is 7.08. The Morgan fingerprint density at radius 2 is 1.64 bits per heavy atom. The molecule has 28 heavy (non-hydrogen) atoms. The maximum Gasteiger partial charge on any atom is 0.0999 e. The first kappa shape index (κ1) is 17.1. The molecule has 0 amide bonds. The summed E-state index contributed by atoms with van der Waals surface area (Å²) in [4.78, 5) is 6.76. The molecule has 1 fully saturated rings. The van der Waals surface area contributed by atoms with E-state index in [0.29, 0.717) is 28.1 Å². The number of aromatic nitrogens is 1. The van der Waals surface area contributed by atoms with E-state index in [9.17, 15) is 5.26 Å². The lowest BCUT2D eigenvalue weighted by molar-refractivity contribution is 0.605. The average molecular weight is 382 g/mol. The fourth-order valence-electron chi connectivity index (χ4n) is 4.18. The van der Waals surface area contributed by atoms with Crippen LogP contribution in [0.3, 0.4) is 0 Å². The molecule has 4 unspecified atom stereocenters. The van der Waals surface area contributed by atoms with Gasteiger partial charge >= 0.3 is 0 Å². The number of anilines is 1. The van der Waals surface area contributed by atoms with Gasteiger partial charge in [-0.2, -0.15) is 5.26 Å². The smallest absolute Gasteiger partial charge is 0.0999 e. The minimum atomic E-state index is 0.312. The molecular weight excluding hydrogens is 362 g/mol. The fourth-order valence-corrected chi connectivity index (χ4v) is 5.68. The standard InChI is InChI=1S/C24H19N3S/c25-15-18-12-13-26-16-20(18)17-6-5-7-19(14-17)27-21-8-1-3-10-23(21)28-24-11-4-2-9-22(24)27/h1-14,16,21-24H. The molecule has 1 aliphatic heterocycles. The molecule has 2 heterocycles. The molecule has 1 saturated heterocycles. The SMILES string of the molecule is N#Cc1ccncc1-c1cccc(N2C3C=CC=CC3SC3C=CC=CC32)c1. The van der Waals surface area contributed by atoms with Gasteiger partial charge in [0.2, 0.25) is 0 Å². The van der Waals surface area contributed by atoms with Gasteiger partial charge in [0.15, 0.2) is 0 Å². The highest BCUT2D eigenvalue weighted by Gasteiger charge is 2.40. The van der Waals surface area contributed by atoms with Crippen molar-refractivity contribution < 1.29 is 0 Å². The highest BCUT2D eigenvalue weighted by Crippen LogP contribution is 2.42. The van der Waals surface area contributed by atoms with Crippen LogP contribution in [0.5, 0.6) is 0 Å². The summed E-state index contributed by atoms with van der Waals surface area (Å²) in [6.07, 6.45) is 21.3.